The zero-order valence-electron chi connectivity index (χ0n) is 10.6. The molecule has 0 aliphatic heterocycles. The van der Waals surface area contributed by atoms with Gasteiger partial charge in [-0.3, -0.25) is 4.79 Å². The van der Waals surface area contributed by atoms with E-state index in [0.29, 0.717) is 6.42 Å². The maximum absolute atomic E-state index is 11.5. The van der Waals surface area contributed by atoms with E-state index in [1.54, 1.807) is 0 Å². The van der Waals surface area contributed by atoms with Crippen LogP contribution in [0.3, 0.4) is 0 Å². The van der Waals surface area contributed by atoms with Crippen molar-refractivity contribution >= 4 is 21.9 Å². The monoisotopic (exact) mass is 318 g/mol. The van der Waals surface area contributed by atoms with Gasteiger partial charge in [0.25, 0.3) is 0 Å². The molecule has 0 radical (unpaired) electrons. The molecule has 1 unspecified atom stereocenters. The summed E-state index contributed by atoms with van der Waals surface area (Å²) in [5.41, 5.74) is 3.01. The first-order chi connectivity index (χ1) is 9.08. The largest absolute Gasteiger partial charge is 0.481 e. The lowest BCUT2D eigenvalue weighted by Crippen LogP contribution is -2.15. The van der Waals surface area contributed by atoms with Crippen LogP contribution in [0, 0.1) is 6.92 Å². The highest BCUT2D eigenvalue weighted by Gasteiger charge is 2.22. The standard InChI is InChI=1S/C16H15BrO2/c1-11-5-4-6-12(9-11)10-14(16(18)19)13-7-2-3-8-15(13)17/h2-9,14H,10H2,1H3,(H,18,19). The molecular weight excluding hydrogens is 304 g/mol. The van der Waals surface area contributed by atoms with E-state index in [0.717, 1.165) is 21.2 Å². The van der Waals surface area contributed by atoms with Gasteiger partial charge in [0.05, 0.1) is 5.92 Å². The number of benzene rings is 2. The molecule has 98 valence electrons. The molecule has 2 nitrogen and oxygen atoms in total. The molecule has 1 N–H and O–H groups in total. The van der Waals surface area contributed by atoms with Gasteiger partial charge in [-0.05, 0) is 30.5 Å². The molecule has 1 atom stereocenters. The minimum atomic E-state index is -0.798. The van der Waals surface area contributed by atoms with Crippen molar-refractivity contribution in [3.8, 4) is 0 Å². The van der Waals surface area contributed by atoms with Gasteiger partial charge in [0.1, 0.15) is 0 Å². The van der Waals surface area contributed by atoms with Crippen molar-refractivity contribution < 1.29 is 9.90 Å². The first kappa shape index (κ1) is 13.8. The molecule has 0 amide bonds. The molecule has 0 fully saturated rings. The van der Waals surface area contributed by atoms with Crippen LogP contribution in [0.25, 0.3) is 0 Å². The van der Waals surface area contributed by atoms with Crippen LogP contribution in [0.1, 0.15) is 22.6 Å². The quantitative estimate of drug-likeness (QED) is 0.918. The summed E-state index contributed by atoms with van der Waals surface area (Å²) < 4.78 is 0.843. The van der Waals surface area contributed by atoms with Crippen molar-refractivity contribution in [3.63, 3.8) is 0 Å². The number of carboxylic acid groups (broad SMARTS) is 1. The second kappa shape index (κ2) is 6.02. The molecule has 0 saturated heterocycles. The van der Waals surface area contributed by atoms with E-state index >= 15 is 0 Å². The zero-order valence-corrected chi connectivity index (χ0v) is 12.2. The van der Waals surface area contributed by atoms with Gasteiger partial charge >= 0.3 is 5.97 Å². The molecule has 0 aliphatic carbocycles. The summed E-state index contributed by atoms with van der Waals surface area (Å²) in [6.45, 7) is 2.01. The van der Waals surface area contributed by atoms with Gasteiger partial charge < -0.3 is 5.11 Å². The molecule has 0 spiro atoms. The molecule has 0 aliphatic rings. The molecule has 2 aromatic carbocycles. The zero-order chi connectivity index (χ0) is 13.8. The molecule has 2 aromatic rings. The second-order valence-electron chi connectivity index (χ2n) is 4.61. The first-order valence-corrected chi connectivity index (χ1v) is 6.90. The highest BCUT2D eigenvalue weighted by molar-refractivity contribution is 9.10. The summed E-state index contributed by atoms with van der Waals surface area (Å²) >= 11 is 3.43. The third-order valence-corrected chi connectivity index (χ3v) is 3.82. The van der Waals surface area contributed by atoms with E-state index in [4.69, 9.17) is 0 Å². The third-order valence-electron chi connectivity index (χ3n) is 3.10. The molecule has 0 aromatic heterocycles. The van der Waals surface area contributed by atoms with E-state index in [1.807, 2.05) is 55.5 Å². The van der Waals surface area contributed by atoms with Gasteiger partial charge in [0, 0.05) is 4.47 Å². The highest BCUT2D eigenvalue weighted by atomic mass is 79.9. The van der Waals surface area contributed by atoms with Gasteiger partial charge in [0.15, 0.2) is 0 Å². The smallest absolute Gasteiger partial charge is 0.311 e. The maximum atomic E-state index is 11.5. The van der Waals surface area contributed by atoms with E-state index in [9.17, 15) is 9.90 Å². The van der Waals surface area contributed by atoms with Crippen LogP contribution >= 0.6 is 15.9 Å². The van der Waals surface area contributed by atoms with Gasteiger partial charge in [-0.2, -0.15) is 0 Å². The van der Waals surface area contributed by atoms with Crippen molar-refractivity contribution in [1.29, 1.82) is 0 Å². The Morgan fingerprint density at radius 1 is 1.21 bits per heavy atom. The Morgan fingerprint density at radius 3 is 2.58 bits per heavy atom. The summed E-state index contributed by atoms with van der Waals surface area (Å²) in [7, 11) is 0. The van der Waals surface area contributed by atoms with Crippen molar-refractivity contribution in [3.05, 3.63) is 69.7 Å². The fraction of sp³-hybridized carbons (Fsp3) is 0.188. The number of hydrogen-bond donors (Lipinski definition) is 1. The average molecular weight is 319 g/mol. The van der Waals surface area contributed by atoms with E-state index in [-0.39, 0.29) is 0 Å². The number of carbonyl (C=O) groups is 1. The predicted molar refractivity (Wildman–Crippen MR) is 79.4 cm³/mol. The van der Waals surface area contributed by atoms with E-state index < -0.39 is 11.9 Å². The summed E-state index contributed by atoms with van der Waals surface area (Å²) in [4.78, 5) is 11.5. The van der Waals surface area contributed by atoms with Gasteiger partial charge in [-0.25, -0.2) is 0 Å². The Kier molecular flexibility index (Phi) is 4.38. The number of rotatable bonds is 4. The Bertz CT molecular complexity index is 593. The molecular formula is C16H15BrO2. The van der Waals surface area contributed by atoms with Crippen molar-refractivity contribution in [2.45, 2.75) is 19.3 Å². The summed E-state index contributed by atoms with van der Waals surface area (Å²) in [5.74, 6) is -1.33. The fourth-order valence-corrected chi connectivity index (χ4v) is 2.72. The number of hydrogen-bond acceptors (Lipinski definition) is 1. The maximum Gasteiger partial charge on any atom is 0.311 e. The Morgan fingerprint density at radius 2 is 1.95 bits per heavy atom. The first-order valence-electron chi connectivity index (χ1n) is 6.10. The summed E-state index contributed by atoms with van der Waals surface area (Å²) in [6, 6.07) is 15.5. The van der Waals surface area contributed by atoms with Gasteiger partial charge in [-0.15, -0.1) is 0 Å². The van der Waals surface area contributed by atoms with Crippen LogP contribution in [0.15, 0.2) is 53.0 Å². The van der Waals surface area contributed by atoms with Gasteiger partial charge in [-0.1, -0.05) is 64.0 Å². The van der Waals surface area contributed by atoms with Crippen LogP contribution in [0.2, 0.25) is 0 Å². The molecule has 0 heterocycles. The van der Waals surface area contributed by atoms with Crippen molar-refractivity contribution in [2.24, 2.45) is 0 Å². The van der Waals surface area contributed by atoms with Gasteiger partial charge in [0.2, 0.25) is 0 Å². The normalized spacial score (nSPS) is 12.1. The third kappa shape index (κ3) is 3.44. The molecule has 0 bridgehead atoms. The van der Waals surface area contributed by atoms with Crippen LogP contribution < -0.4 is 0 Å². The average Bonchev–Trinajstić information content (AvgIpc) is 2.37. The number of halogens is 1. The Labute approximate surface area is 121 Å². The van der Waals surface area contributed by atoms with Crippen LogP contribution in [0.4, 0.5) is 0 Å². The molecule has 2 rings (SSSR count). The Balaban J connectivity index is 2.32. The molecule has 0 saturated carbocycles. The topological polar surface area (TPSA) is 37.3 Å². The van der Waals surface area contributed by atoms with Crippen molar-refractivity contribution in [2.75, 3.05) is 0 Å². The highest BCUT2D eigenvalue weighted by Crippen LogP contribution is 2.28. The Hall–Kier alpha value is -1.61. The lowest BCUT2D eigenvalue weighted by Gasteiger charge is -2.15. The number of aryl methyl sites for hydroxylation is 1. The van der Waals surface area contributed by atoms with E-state index in [2.05, 4.69) is 15.9 Å². The minimum Gasteiger partial charge on any atom is -0.481 e. The predicted octanol–water partition coefficient (Wildman–Crippen LogP) is 4.17. The lowest BCUT2D eigenvalue weighted by molar-refractivity contribution is -0.138. The summed E-state index contributed by atoms with van der Waals surface area (Å²) in [5, 5.41) is 9.46. The fourth-order valence-electron chi connectivity index (χ4n) is 2.16. The lowest BCUT2D eigenvalue weighted by atomic mass is 9.91. The van der Waals surface area contributed by atoms with Crippen LogP contribution in [-0.4, -0.2) is 11.1 Å². The minimum absolute atomic E-state index is 0.500. The van der Waals surface area contributed by atoms with Crippen LogP contribution in [-0.2, 0) is 11.2 Å². The SMILES string of the molecule is Cc1cccc(CC(C(=O)O)c2ccccc2Br)c1. The molecule has 3 heteroatoms. The van der Waals surface area contributed by atoms with E-state index in [1.165, 1.54) is 0 Å². The number of carboxylic acids is 1. The molecule has 19 heavy (non-hydrogen) atoms. The number of aliphatic carboxylic acids is 1. The van der Waals surface area contributed by atoms with Crippen molar-refractivity contribution in [1.82, 2.24) is 0 Å². The second-order valence-corrected chi connectivity index (χ2v) is 5.46. The summed E-state index contributed by atoms with van der Waals surface area (Å²) in [6.07, 6.45) is 0.500. The van der Waals surface area contributed by atoms with Crippen LogP contribution in [0.5, 0.6) is 0 Å².